The molecule has 0 fully saturated rings. The molecule has 0 unspecified atom stereocenters. The molecular formula is C16H14KNO6S2. The van der Waals surface area contributed by atoms with Crippen LogP contribution in [0.5, 0.6) is 5.75 Å². The quantitative estimate of drug-likeness (QED) is 0.395. The van der Waals surface area contributed by atoms with Crippen LogP contribution in [0.25, 0.3) is 10.8 Å². The first-order valence-corrected chi connectivity index (χ1v) is 9.92. The van der Waals surface area contributed by atoms with Crippen LogP contribution in [0.2, 0.25) is 0 Å². The van der Waals surface area contributed by atoms with Gasteiger partial charge in [-0.3, -0.25) is 9.27 Å². The van der Waals surface area contributed by atoms with Crippen LogP contribution in [0.1, 0.15) is 1.43 Å². The zero-order valence-corrected chi connectivity index (χ0v) is 18.4. The average molecular weight is 420 g/mol. The first-order chi connectivity index (χ1) is 11.7. The molecular weight excluding hydrogens is 405 g/mol. The molecule has 0 saturated carbocycles. The SMILES string of the molecule is O=S(=O)(O)c1cccc(S(=O)(=O)Nc2cccc3c(O)cccc23)c1.[H-].[K+]. The van der Waals surface area contributed by atoms with Crippen molar-refractivity contribution in [2.75, 3.05) is 4.72 Å². The van der Waals surface area contributed by atoms with Gasteiger partial charge in [-0.15, -0.1) is 0 Å². The summed E-state index contributed by atoms with van der Waals surface area (Å²) < 4.78 is 58.9. The van der Waals surface area contributed by atoms with E-state index in [0.717, 1.165) is 12.1 Å². The van der Waals surface area contributed by atoms with Gasteiger partial charge >= 0.3 is 51.4 Å². The molecule has 0 spiro atoms. The average Bonchev–Trinajstić information content (AvgIpc) is 2.55. The van der Waals surface area contributed by atoms with Crippen LogP contribution >= 0.6 is 0 Å². The van der Waals surface area contributed by atoms with Crippen molar-refractivity contribution < 1.29 is 79.3 Å². The molecule has 3 rings (SSSR count). The standard InChI is InChI=1S/C16H13NO6S2.K.H/c18-16-9-3-6-13-14(16)7-2-8-15(13)17-24(19,20)11-4-1-5-12(10-11)25(21,22)23;;/h1-10,17-18H,(H,21,22,23);;/q;+1;-1. The van der Waals surface area contributed by atoms with Crippen molar-refractivity contribution >= 4 is 36.6 Å². The second-order valence-electron chi connectivity index (χ2n) is 5.23. The number of hydrogen-bond donors (Lipinski definition) is 3. The third-order valence-electron chi connectivity index (χ3n) is 3.56. The predicted octanol–water partition coefficient (Wildman–Crippen LogP) is -0.291. The normalized spacial score (nSPS) is 11.7. The summed E-state index contributed by atoms with van der Waals surface area (Å²) >= 11 is 0. The molecule has 26 heavy (non-hydrogen) atoms. The van der Waals surface area contributed by atoms with Gasteiger partial charge in [0.05, 0.1) is 15.5 Å². The summed E-state index contributed by atoms with van der Waals surface area (Å²) in [5.41, 5.74) is 0.227. The van der Waals surface area contributed by atoms with Crippen molar-refractivity contribution in [2.24, 2.45) is 0 Å². The van der Waals surface area contributed by atoms with Crippen molar-refractivity contribution in [2.45, 2.75) is 9.79 Å². The Labute approximate surface area is 194 Å². The molecule has 0 radical (unpaired) electrons. The summed E-state index contributed by atoms with van der Waals surface area (Å²) in [6.07, 6.45) is 0. The van der Waals surface area contributed by atoms with E-state index in [2.05, 4.69) is 4.72 Å². The van der Waals surface area contributed by atoms with Crippen molar-refractivity contribution in [3.05, 3.63) is 60.7 Å². The van der Waals surface area contributed by atoms with Crippen LogP contribution in [-0.2, 0) is 20.1 Å². The van der Waals surface area contributed by atoms with Crippen molar-refractivity contribution in [1.29, 1.82) is 0 Å². The molecule has 0 aliphatic heterocycles. The van der Waals surface area contributed by atoms with Gasteiger partial charge in [-0.2, -0.15) is 8.42 Å². The predicted molar refractivity (Wildman–Crippen MR) is 93.8 cm³/mol. The number of anilines is 1. The molecule has 0 aliphatic rings. The van der Waals surface area contributed by atoms with Crippen LogP contribution in [0, 0.1) is 0 Å². The van der Waals surface area contributed by atoms with E-state index in [-0.39, 0.29) is 69.1 Å². The maximum atomic E-state index is 12.6. The summed E-state index contributed by atoms with van der Waals surface area (Å²) in [4.78, 5) is -0.842. The first kappa shape index (κ1) is 21.3. The summed E-state index contributed by atoms with van der Waals surface area (Å²) in [6.45, 7) is 0. The van der Waals surface area contributed by atoms with Crippen LogP contribution in [-0.4, -0.2) is 26.5 Å². The molecule has 3 aromatic carbocycles. The van der Waals surface area contributed by atoms with E-state index in [9.17, 15) is 21.9 Å². The zero-order valence-electron chi connectivity index (χ0n) is 14.6. The smallest absolute Gasteiger partial charge is 1.00 e. The molecule has 0 bridgehead atoms. The number of phenolic OH excluding ortho intramolecular Hbond substituents is 1. The van der Waals surface area contributed by atoms with Crippen LogP contribution in [0.15, 0.2) is 70.5 Å². The van der Waals surface area contributed by atoms with Crippen molar-refractivity contribution in [3.63, 3.8) is 0 Å². The molecule has 7 nitrogen and oxygen atoms in total. The number of aromatic hydroxyl groups is 1. The van der Waals surface area contributed by atoms with E-state index in [1.807, 2.05) is 0 Å². The molecule has 0 heterocycles. The fraction of sp³-hybridized carbons (Fsp3) is 0. The van der Waals surface area contributed by atoms with Crippen molar-refractivity contribution in [3.8, 4) is 5.75 Å². The van der Waals surface area contributed by atoms with Gasteiger partial charge in [0.2, 0.25) is 0 Å². The number of sulfonamides is 1. The van der Waals surface area contributed by atoms with E-state index in [1.165, 1.54) is 24.3 Å². The summed E-state index contributed by atoms with van der Waals surface area (Å²) in [5, 5.41) is 10.8. The topological polar surface area (TPSA) is 121 Å². The van der Waals surface area contributed by atoms with Gasteiger partial charge in [-0.1, -0.05) is 30.3 Å². The number of fused-ring (bicyclic) bond motifs is 1. The Balaban J connectivity index is 0.00000182. The fourth-order valence-electron chi connectivity index (χ4n) is 2.39. The Morgan fingerprint density at radius 3 is 2.08 bits per heavy atom. The van der Waals surface area contributed by atoms with Crippen LogP contribution < -0.4 is 56.1 Å². The third kappa shape index (κ3) is 4.46. The number of rotatable bonds is 4. The minimum atomic E-state index is -4.52. The van der Waals surface area contributed by atoms with Gasteiger partial charge in [-0.05, 0) is 30.3 Å². The maximum Gasteiger partial charge on any atom is 1.00 e. The van der Waals surface area contributed by atoms with Crippen LogP contribution in [0.4, 0.5) is 5.69 Å². The Morgan fingerprint density at radius 2 is 1.38 bits per heavy atom. The van der Waals surface area contributed by atoms with Gasteiger partial charge in [0, 0.05) is 10.8 Å². The maximum absolute atomic E-state index is 12.6. The first-order valence-electron chi connectivity index (χ1n) is 6.99. The van der Waals surface area contributed by atoms with Gasteiger partial charge in [-0.25, -0.2) is 8.42 Å². The fourth-order valence-corrected chi connectivity index (χ4v) is 4.11. The van der Waals surface area contributed by atoms with Crippen LogP contribution in [0.3, 0.4) is 0 Å². The minimum absolute atomic E-state index is 0. The number of nitrogens with one attached hydrogen (secondary N) is 1. The van der Waals surface area contributed by atoms with E-state index in [0.29, 0.717) is 10.8 Å². The molecule has 0 aliphatic carbocycles. The van der Waals surface area contributed by atoms with Gasteiger partial charge in [0.25, 0.3) is 20.1 Å². The van der Waals surface area contributed by atoms with Gasteiger partial charge < -0.3 is 6.53 Å². The molecule has 10 heteroatoms. The summed E-state index contributed by atoms with van der Waals surface area (Å²) in [5.74, 6) is 0.00641. The summed E-state index contributed by atoms with van der Waals surface area (Å²) in [7, 11) is -8.63. The van der Waals surface area contributed by atoms with Crippen molar-refractivity contribution in [1.82, 2.24) is 0 Å². The van der Waals surface area contributed by atoms with E-state index >= 15 is 0 Å². The molecule has 0 amide bonds. The third-order valence-corrected chi connectivity index (χ3v) is 5.77. The van der Waals surface area contributed by atoms with E-state index in [4.69, 9.17) is 4.55 Å². The largest absolute Gasteiger partial charge is 1.00 e. The Bertz CT molecular complexity index is 1180. The second-order valence-corrected chi connectivity index (χ2v) is 8.34. The van der Waals surface area contributed by atoms with Gasteiger partial charge in [0.15, 0.2) is 0 Å². The van der Waals surface area contributed by atoms with E-state index < -0.39 is 25.0 Å². The molecule has 0 aromatic heterocycles. The van der Waals surface area contributed by atoms with Gasteiger partial charge in [0.1, 0.15) is 5.75 Å². The monoisotopic (exact) mass is 419 g/mol. The molecule has 0 atom stereocenters. The molecule has 3 N–H and O–H groups in total. The summed E-state index contributed by atoms with van der Waals surface area (Å²) in [6, 6.07) is 13.8. The second kappa shape index (κ2) is 7.95. The zero-order chi connectivity index (χ0) is 18.2. The Morgan fingerprint density at radius 1 is 0.808 bits per heavy atom. The molecule has 132 valence electrons. The number of benzene rings is 3. The van der Waals surface area contributed by atoms with E-state index in [1.54, 1.807) is 24.3 Å². The Hall–Kier alpha value is -0.984. The molecule has 3 aromatic rings. The molecule has 0 saturated heterocycles. The number of phenols is 1. The minimum Gasteiger partial charge on any atom is -1.00 e. The number of hydrogen-bond acceptors (Lipinski definition) is 5. The Kier molecular flexibility index (Phi) is 6.51.